The van der Waals surface area contributed by atoms with Gasteiger partial charge in [-0.2, -0.15) is 0 Å². The monoisotopic (exact) mass is 343 g/mol. The minimum Gasteiger partial charge on any atom is -0.377 e. The van der Waals surface area contributed by atoms with E-state index in [1.807, 2.05) is 19.9 Å². The highest BCUT2D eigenvalue weighted by Crippen LogP contribution is 2.27. The minimum atomic E-state index is -0.457. The molecule has 25 heavy (non-hydrogen) atoms. The maximum atomic E-state index is 12.4. The molecule has 0 aliphatic carbocycles. The standard InChI is InChI=1S/C16H16N2O3.C2H5NO/c1-11(2)17-14-10-13(8-9-15(14)18(20)21)16(19)12-6-4-3-5-7-12;1-2(3)4/h3-11,17H,1-2H3;1H3,(H2,3,4). The summed E-state index contributed by atoms with van der Waals surface area (Å²) in [4.78, 5) is 32.2. The van der Waals surface area contributed by atoms with E-state index in [1.165, 1.54) is 25.1 Å². The van der Waals surface area contributed by atoms with Gasteiger partial charge in [0, 0.05) is 30.2 Å². The van der Waals surface area contributed by atoms with Crippen molar-refractivity contribution in [2.45, 2.75) is 26.8 Å². The van der Waals surface area contributed by atoms with Crippen molar-refractivity contribution in [3.8, 4) is 0 Å². The third-order valence-corrected chi connectivity index (χ3v) is 2.94. The van der Waals surface area contributed by atoms with Crippen molar-refractivity contribution in [2.24, 2.45) is 5.73 Å². The number of nitrogens with zero attached hydrogens (tertiary/aromatic N) is 1. The smallest absolute Gasteiger partial charge is 0.292 e. The number of nitro groups is 1. The zero-order chi connectivity index (χ0) is 19.0. The van der Waals surface area contributed by atoms with Crippen molar-refractivity contribution in [3.63, 3.8) is 0 Å². The lowest BCUT2D eigenvalue weighted by atomic mass is 10.0. The summed E-state index contributed by atoms with van der Waals surface area (Å²) in [6, 6.07) is 13.3. The summed E-state index contributed by atoms with van der Waals surface area (Å²) in [5, 5.41) is 14.0. The number of hydrogen-bond acceptors (Lipinski definition) is 5. The van der Waals surface area contributed by atoms with E-state index in [4.69, 9.17) is 0 Å². The average molecular weight is 343 g/mol. The van der Waals surface area contributed by atoms with Crippen LogP contribution >= 0.6 is 0 Å². The summed E-state index contributed by atoms with van der Waals surface area (Å²) in [7, 11) is 0. The van der Waals surface area contributed by atoms with E-state index in [0.29, 0.717) is 16.8 Å². The van der Waals surface area contributed by atoms with Crippen LogP contribution in [0.1, 0.15) is 36.7 Å². The number of anilines is 1. The number of nitrogens with one attached hydrogen (secondary N) is 1. The Balaban J connectivity index is 0.000000705. The Labute approximate surface area is 146 Å². The molecule has 0 aliphatic heterocycles. The van der Waals surface area contributed by atoms with Crippen LogP contribution < -0.4 is 11.1 Å². The Morgan fingerprint density at radius 3 is 2.12 bits per heavy atom. The van der Waals surface area contributed by atoms with Crippen LogP contribution in [0.4, 0.5) is 11.4 Å². The van der Waals surface area contributed by atoms with Crippen molar-refractivity contribution in [3.05, 3.63) is 69.8 Å². The van der Waals surface area contributed by atoms with Crippen molar-refractivity contribution >= 4 is 23.1 Å². The van der Waals surface area contributed by atoms with E-state index < -0.39 is 4.92 Å². The Bertz CT molecular complexity index is 754. The number of amides is 1. The molecule has 0 spiro atoms. The molecule has 0 saturated carbocycles. The summed E-state index contributed by atoms with van der Waals surface area (Å²) < 4.78 is 0. The summed E-state index contributed by atoms with van der Waals surface area (Å²) in [5.74, 6) is -0.489. The third kappa shape index (κ3) is 6.42. The van der Waals surface area contributed by atoms with Crippen molar-refractivity contribution in [1.29, 1.82) is 0 Å². The predicted octanol–water partition coefficient (Wildman–Crippen LogP) is 3.14. The second-order valence-corrected chi connectivity index (χ2v) is 5.59. The highest BCUT2D eigenvalue weighted by Gasteiger charge is 2.18. The molecule has 3 N–H and O–H groups in total. The van der Waals surface area contributed by atoms with Crippen molar-refractivity contribution in [2.75, 3.05) is 5.32 Å². The second-order valence-electron chi connectivity index (χ2n) is 5.59. The van der Waals surface area contributed by atoms with E-state index in [9.17, 15) is 19.7 Å². The lowest BCUT2D eigenvalue weighted by molar-refractivity contribution is -0.384. The van der Waals surface area contributed by atoms with E-state index in [0.717, 1.165) is 0 Å². The molecule has 2 rings (SSSR count). The quantitative estimate of drug-likeness (QED) is 0.491. The van der Waals surface area contributed by atoms with Gasteiger partial charge in [-0.1, -0.05) is 30.3 Å². The first-order valence-corrected chi connectivity index (χ1v) is 7.63. The number of nitro benzene ring substituents is 1. The molecule has 132 valence electrons. The van der Waals surface area contributed by atoms with Gasteiger partial charge in [-0.15, -0.1) is 0 Å². The van der Waals surface area contributed by atoms with Crippen molar-refractivity contribution in [1.82, 2.24) is 0 Å². The third-order valence-electron chi connectivity index (χ3n) is 2.94. The Morgan fingerprint density at radius 2 is 1.64 bits per heavy atom. The molecule has 0 saturated heterocycles. The largest absolute Gasteiger partial charge is 0.377 e. The van der Waals surface area contributed by atoms with Crippen LogP contribution in [0.25, 0.3) is 0 Å². The number of rotatable bonds is 5. The maximum Gasteiger partial charge on any atom is 0.292 e. The van der Waals surface area contributed by atoms with Gasteiger partial charge in [-0.25, -0.2) is 0 Å². The molecule has 0 atom stereocenters. The predicted molar refractivity (Wildman–Crippen MR) is 96.6 cm³/mol. The zero-order valence-electron chi connectivity index (χ0n) is 14.4. The normalized spacial score (nSPS) is 9.76. The van der Waals surface area contributed by atoms with Crippen LogP contribution in [-0.2, 0) is 4.79 Å². The molecule has 7 heteroatoms. The number of hydrogen-bond donors (Lipinski definition) is 2. The molecular weight excluding hydrogens is 322 g/mol. The molecule has 2 aromatic carbocycles. The lowest BCUT2D eigenvalue weighted by Gasteiger charge is -2.11. The fourth-order valence-corrected chi connectivity index (χ4v) is 2.02. The molecule has 0 fully saturated rings. The van der Waals surface area contributed by atoms with Gasteiger partial charge in [0.25, 0.3) is 5.69 Å². The summed E-state index contributed by atoms with van der Waals surface area (Å²) in [6.07, 6.45) is 0. The van der Waals surface area contributed by atoms with Gasteiger partial charge >= 0.3 is 0 Å². The van der Waals surface area contributed by atoms with Gasteiger partial charge in [0.2, 0.25) is 5.91 Å². The molecular formula is C18H21N3O4. The number of carbonyl (C=O) groups is 2. The first kappa shape index (κ1) is 19.8. The van der Waals surface area contributed by atoms with Crippen LogP contribution in [-0.4, -0.2) is 22.7 Å². The van der Waals surface area contributed by atoms with Gasteiger partial charge in [-0.05, 0) is 26.0 Å². The van der Waals surface area contributed by atoms with E-state index in [-0.39, 0.29) is 23.4 Å². The molecule has 7 nitrogen and oxygen atoms in total. The molecule has 0 bridgehead atoms. The minimum absolute atomic E-state index is 0.0331. The van der Waals surface area contributed by atoms with Gasteiger partial charge in [-0.3, -0.25) is 19.7 Å². The number of ketones is 1. The Morgan fingerprint density at radius 1 is 1.08 bits per heavy atom. The molecule has 1 amide bonds. The topological polar surface area (TPSA) is 115 Å². The molecule has 0 aromatic heterocycles. The van der Waals surface area contributed by atoms with Gasteiger partial charge in [0.05, 0.1) is 4.92 Å². The van der Waals surface area contributed by atoms with Crippen LogP contribution in [0.3, 0.4) is 0 Å². The van der Waals surface area contributed by atoms with Crippen LogP contribution in [0, 0.1) is 10.1 Å². The summed E-state index contributed by atoms with van der Waals surface area (Å²) in [5.41, 5.74) is 5.78. The Kier molecular flexibility index (Phi) is 7.27. The van der Waals surface area contributed by atoms with Crippen LogP contribution in [0.2, 0.25) is 0 Å². The fraction of sp³-hybridized carbons (Fsp3) is 0.222. The van der Waals surface area contributed by atoms with Crippen LogP contribution in [0.15, 0.2) is 48.5 Å². The number of primary amides is 1. The van der Waals surface area contributed by atoms with Crippen molar-refractivity contribution < 1.29 is 14.5 Å². The molecule has 0 unspecified atom stereocenters. The average Bonchev–Trinajstić information content (AvgIpc) is 2.53. The number of carbonyl (C=O) groups excluding carboxylic acids is 2. The van der Waals surface area contributed by atoms with Gasteiger partial charge in [0.1, 0.15) is 5.69 Å². The van der Waals surface area contributed by atoms with E-state index in [1.54, 1.807) is 24.3 Å². The first-order valence-electron chi connectivity index (χ1n) is 7.63. The summed E-state index contributed by atoms with van der Waals surface area (Å²) >= 11 is 0. The second kappa shape index (κ2) is 9.17. The molecule has 0 radical (unpaired) electrons. The SMILES string of the molecule is CC(C)Nc1cc(C(=O)c2ccccc2)ccc1[N+](=O)[O-].CC(N)=O. The van der Waals surface area contributed by atoms with Gasteiger partial charge < -0.3 is 11.1 Å². The van der Waals surface area contributed by atoms with Gasteiger partial charge in [0.15, 0.2) is 5.78 Å². The Hall–Kier alpha value is -3.22. The maximum absolute atomic E-state index is 12.4. The molecule has 2 aromatic rings. The first-order chi connectivity index (χ1) is 11.7. The highest BCUT2D eigenvalue weighted by atomic mass is 16.6. The van der Waals surface area contributed by atoms with E-state index >= 15 is 0 Å². The number of nitrogens with two attached hydrogens (primary N) is 1. The van der Waals surface area contributed by atoms with Crippen LogP contribution in [0.5, 0.6) is 0 Å². The number of benzene rings is 2. The lowest BCUT2D eigenvalue weighted by Crippen LogP contribution is -2.12. The molecule has 0 aliphatic rings. The highest BCUT2D eigenvalue weighted by molar-refractivity contribution is 6.09. The van der Waals surface area contributed by atoms with E-state index in [2.05, 4.69) is 11.1 Å². The fourth-order valence-electron chi connectivity index (χ4n) is 2.02. The molecule has 0 heterocycles. The zero-order valence-corrected chi connectivity index (χ0v) is 14.4. The summed E-state index contributed by atoms with van der Waals surface area (Å²) in [6.45, 7) is 5.07.